The Hall–Kier alpha value is -12.4. The fraction of sp³-hybridized carbons (Fsp3) is 0.568. The number of carbonyl (C=O) groups is 18. The van der Waals surface area contributed by atoms with E-state index in [-0.39, 0.29) is 174 Å². The van der Waals surface area contributed by atoms with Crippen LogP contribution in [0, 0.1) is 10.8 Å². The summed E-state index contributed by atoms with van der Waals surface area (Å²) >= 11 is 0. The molecule has 3 aliphatic heterocycles. The maximum atomic E-state index is 14.5. The molecule has 122 heavy (non-hydrogen) atoms. The maximum absolute atomic E-state index is 14.5. The predicted molar refractivity (Wildman–Crippen MR) is 429 cm³/mol. The van der Waals surface area contributed by atoms with Crippen molar-refractivity contribution in [2.24, 2.45) is 11.5 Å². The molecule has 10 atom stereocenters. The van der Waals surface area contributed by atoms with Crippen molar-refractivity contribution in [3.05, 3.63) is 59.7 Å². The number of nitrogens with zero attached hydrogens (tertiary/aromatic N) is 3. The molecular formula is C74H110GaN22O25+3. The van der Waals surface area contributed by atoms with Crippen molar-refractivity contribution in [3.8, 4) is 11.5 Å². The van der Waals surface area contributed by atoms with Crippen LogP contribution in [0.1, 0.15) is 114 Å². The molecule has 0 bridgehead atoms. The van der Waals surface area contributed by atoms with Crippen LogP contribution in [0.5, 0.6) is 11.5 Å². The van der Waals surface area contributed by atoms with Gasteiger partial charge in [0.25, 0.3) is 0 Å². The fourth-order valence-corrected chi connectivity index (χ4v) is 13.1. The standard InChI is InChI=1S/C74H110N22O25.Ga/c75-73(76)81-25-5-9-45-64(112)83-37-57(101)86-52(35-59(103)104)70(118)92-50(33-41-11-15-43(97)16-12-41)68(116)90-47(66(114)88-45)7-1-3-23-79-55(99)21-19-49(85-56(100)22-20-54(72(120)121)96-31-29-94(39-61(107)108)27-28-95(30-32-96)40-62(109)110)63(111)80-24-4-2-8-48-67(115)89-46(10-6-26-82-74(77)78)65(113)84-38-58(102)87-53(36-60(105)106)71(119)93-51(69(117)91-48)34-42-13-17-44(98)18-14-42;/h11-18,45-54,97-98H,1-10,19-40H2,(H,79,99)(H,80,111)(H,83,112)(H,84,113)(H,85,100)(H,86,101)(H,87,102)(H,88,114)(H,89,115)(H,90,116)(H,91,117)(H,92,118)(H,93,119)(H,103,104)(H,105,106)(H,107,108)(H,109,110)(H,120,121)(H4,75,76,81)(H4,77,78,82);/q;+3/t45-,46-,47-,48-,49+,50+,51+,52-,53-,54?;/m0./s1/i;1-2. The van der Waals surface area contributed by atoms with Crippen LogP contribution in [0.25, 0.3) is 0 Å². The number of nitrogens with two attached hydrogens (primary N) is 2. The molecule has 0 radical (unpaired) electrons. The van der Waals surface area contributed by atoms with Crippen molar-refractivity contribution >= 4 is 138 Å². The molecule has 3 heterocycles. The number of guanidine groups is 2. The molecule has 666 valence electrons. The molecule has 2 aromatic rings. The minimum atomic E-state index is -1.80. The van der Waals surface area contributed by atoms with E-state index in [1.165, 1.54) is 63.2 Å². The molecule has 2 aromatic carbocycles. The van der Waals surface area contributed by atoms with Gasteiger partial charge in [0.2, 0.25) is 76.8 Å². The fourth-order valence-electron chi connectivity index (χ4n) is 13.1. The number of carboxylic acid groups (broad SMARTS) is 5. The monoisotopic (exact) mass is 1770 g/mol. The number of rotatable bonds is 40. The predicted octanol–water partition coefficient (Wildman–Crippen LogP) is -8.72. The number of benzene rings is 2. The van der Waals surface area contributed by atoms with Gasteiger partial charge in [-0.2, -0.15) is 0 Å². The van der Waals surface area contributed by atoms with Crippen LogP contribution < -0.4 is 91.2 Å². The summed E-state index contributed by atoms with van der Waals surface area (Å²) in [5.41, 5.74) is 11.6. The first-order chi connectivity index (χ1) is 57.4. The molecule has 0 aromatic heterocycles. The average molecular weight is 1780 g/mol. The maximum Gasteiger partial charge on any atom is 3.00 e. The van der Waals surface area contributed by atoms with Crippen LogP contribution in [-0.4, -0.2) is 341 Å². The Bertz CT molecular complexity index is 3970. The summed E-state index contributed by atoms with van der Waals surface area (Å²) in [6.45, 7) is -2.53. The number of unbranched alkanes of at least 4 members (excludes halogenated alkanes) is 2. The van der Waals surface area contributed by atoms with Gasteiger partial charge in [0.1, 0.15) is 71.9 Å². The normalized spacial score (nSPS) is 20.9. The Morgan fingerprint density at radius 3 is 1.14 bits per heavy atom. The van der Waals surface area contributed by atoms with Crippen molar-refractivity contribution in [3.63, 3.8) is 0 Å². The number of aliphatic carboxylic acids is 5. The second kappa shape index (κ2) is 53.3. The van der Waals surface area contributed by atoms with Crippen molar-refractivity contribution < 1.29 is 122 Å². The summed E-state index contributed by atoms with van der Waals surface area (Å²) in [5, 5.41) is 122. The number of phenolic OH excluding ortho intramolecular Hbond substituents is 2. The number of carbonyl (C=O) groups excluding carboxylic acids is 13. The Morgan fingerprint density at radius 1 is 0.410 bits per heavy atom. The first-order valence-electron chi connectivity index (χ1n) is 39.2. The van der Waals surface area contributed by atoms with E-state index < -0.39 is 244 Å². The van der Waals surface area contributed by atoms with E-state index in [0.29, 0.717) is 11.1 Å². The number of aromatic hydroxyl groups is 2. The molecule has 3 fully saturated rings. The van der Waals surface area contributed by atoms with E-state index in [2.05, 4.69) is 79.8 Å². The largest absolute Gasteiger partial charge is 3.00 e. The molecule has 13 amide bonds. The second-order valence-corrected chi connectivity index (χ2v) is 29.0. The zero-order chi connectivity index (χ0) is 89.3. The van der Waals surface area contributed by atoms with Crippen LogP contribution in [0.15, 0.2) is 48.5 Å². The molecule has 0 saturated carbocycles. The van der Waals surface area contributed by atoms with E-state index in [1.807, 2.05) is 0 Å². The third kappa shape index (κ3) is 39.2. The Balaban J connectivity index is 0.0000312. The molecular weight excluding hydrogens is 1660 g/mol. The van der Waals surface area contributed by atoms with Gasteiger partial charge in [-0.25, -0.2) is 0 Å². The average Bonchev–Trinajstić information content (AvgIpc) is 1.38. The van der Waals surface area contributed by atoms with E-state index in [4.69, 9.17) is 22.3 Å². The van der Waals surface area contributed by atoms with Gasteiger partial charge in [-0.05, 0) is 112 Å². The van der Waals surface area contributed by atoms with Crippen molar-refractivity contribution in [2.45, 2.75) is 176 Å². The van der Waals surface area contributed by atoms with Crippen molar-refractivity contribution in [1.82, 2.24) is 94.5 Å². The van der Waals surface area contributed by atoms with E-state index in [9.17, 15) is 122 Å². The third-order valence-corrected chi connectivity index (χ3v) is 19.4. The number of phenols is 2. The molecule has 47 nitrogen and oxygen atoms in total. The molecule has 48 heteroatoms. The number of nitrogens with one attached hydrogen (secondary N) is 17. The molecule has 3 saturated heterocycles. The molecule has 0 spiro atoms. The molecule has 5 rings (SSSR count). The van der Waals surface area contributed by atoms with Gasteiger partial charge in [-0.1, -0.05) is 24.3 Å². The summed E-state index contributed by atoms with van der Waals surface area (Å²) in [7, 11) is 0. The zero-order valence-corrected chi connectivity index (χ0v) is 69.5. The van der Waals surface area contributed by atoms with Crippen molar-refractivity contribution in [2.75, 3.05) is 91.6 Å². The van der Waals surface area contributed by atoms with Crippen LogP contribution >= 0.6 is 0 Å². The summed E-state index contributed by atoms with van der Waals surface area (Å²) < 4.78 is 0. The van der Waals surface area contributed by atoms with Gasteiger partial charge in [-0.3, -0.25) is 112 Å². The Kier molecular flexibility index (Phi) is 44.5. The number of amides is 13. The van der Waals surface area contributed by atoms with Gasteiger partial charge in [0.15, 0.2) is 11.9 Å². The second-order valence-electron chi connectivity index (χ2n) is 29.0. The number of hydrogen-bond acceptors (Lipinski definition) is 25. The van der Waals surface area contributed by atoms with Crippen LogP contribution in [0.2, 0.25) is 0 Å². The minimum absolute atomic E-state index is 0. The molecule has 3 aliphatic rings. The van der Waals surface area contributed by atoms with Gasteiger partial charge in [0.05, 0.1) is 39.0 Å². The van der Waals surface area contributed by atoms with Gasteiger partial charge >= 0.3 is 49.6 Å². The van der Waals surface area contributed by atoms with E-state index in [0.717, 1.165) is 0 Å². The molecule has 28 N–H and O–H groups in total. The molecule has 1 unspecified atom stereocenters. The molecule has 0 aliphatic carbocycles. The number of carboxylic acids is 5. The van der Waals surface area contributed by atoms with Gasteiger partial charge in [-0.15, -0.1) is 0 Å². The van der Waals surface area contributed by atoms with E-state index >= 15 is 0 Å². The van der Waals surface area contributed by atoms with Gasteiger partial charge < -0.3 is 127 Å². The third-order valence-electron chi connectivity index (χ3n) is 19.4. The summed E-state index contributed by atoms with van der Waals surface area (Å²) in [6.07, 6.45) is -4.99. The summed E-state index contributed by atoms with van der Waals surface area (Å²) in [4.78, 5) is 246. The minimum Gasteiger partial charge on any atom is -0.508 e. The Morgan fingerprint density at radius 2 is 0.754 bits per heavy atom. The number of hydrogen-bond donors (Lipinski definition) is 26. The van der Waals surface area contributed by atoms with Crippen LogP contribution in [0.3, 0.4) is 0 Å². The summed E-state index contributed by atoms with van der Waals surface area (Å²) in [6, 6.07) is -4.84. The van der Waals surface area contributed by atoms with E-state index in [1.54, 1.807) is 0 Å². The first kappa shape index (κ1) is 102. The van der Waals surface area contributed by atoms with Crippen LogP contribution in [-0.2, 0) is 99.1 Å². The quantitative estimate of drug-likeness (QED) is 0.0127. The van der Waals surface area contributed by atoms with Crippen LogP contribution in [0.4, 0.5) is 0 Å². The Labute approximate surface area is 712 Å². The smallest absolute Gasteiger partial charge is 0.508 e. The van der Waals surface area contributed by atoms with Gasteiger partial charge in [0, 0.05) is 91.1 Å². The SMILES string of the molecule is N=C(N)NCCC[C@@H]1NC(=O)[C@H](CCCCNC(=O)CC[C@@H](NC(=O)CCC(C(=O)O)N2CCN(CC(=O)O)CCN(CC(=O)O)CC2)C(=O)NCCCC[C@@H]2NC(=O)[C@@H](Cc3ccc(O)cc3)NC(=O)[C@H](CC(=O)O)NC(=O)CNC(=O)[C@H](CCCNC(=N)N)NC2=O)NC(=O)[C@@H](Cc2ccc(O)cc2)NC(=O)[C@H](CC(=O)O)NC(=O)CNC1=O.[68Ga+3]. The zero-order valence-electron chi connectivity index (χ0n) is 67.1. The topological polar surface area (TPSA) is 739 Å². The summed E-state index contributed by atoms with van der Waals surface area (Å²) in [5.74, 6) is -20.5. The first-order valence-corrected chi connectivity index (χ1v) is 39.2. The van der Waals surface area contributed by atoms with Crippen molar-refractivity contribution in [1.29, 1.82) is 10.8 Å².